The predicted octanol–water partition coefficient (Wildman–Crippen LogP) is 2.26. The molecule has 0 aromatic heterocycles. The standard InChI is InChI=1S/C11H11F3N2O2/c1-16-5-7-4-6(9(17)11(12,13)14)2-3-8(7)15-10(16)18/h2-4,9,17H,5H2,1H3,(H,15,18). The molecule has 0 radical (unpaired) electrons. The van der Waals surface area contributed by atoms with E-state index in [1.54, 1.807) is 0 Å². The zero-order valence-electron chi connectivity index (χ0n) is 9.45. The zero-order chi connectivity index (χ0) is 13.5. The highest BCUT2D eigenvalue weighted by Crippen LogP contribution is 2.34. The Bertz CT molecular complexity index is 488. The van der Waals surface area contributed by atoms with Crippen LogP contribution in [0.2, 0.25) is 0 Å². The van der Waals surface area contributed by atoms with E-state index in [2.05, 4.69) is 5.32 Å². The van der Waals surface area contributed by atoms with Gasteiger partial charge in [0, 0.05) is 19.3 Å². The molecule has 2 N–H and O–H groups in total. The summed E-state index contributed by atoms with van der Waals surface area (Å²) in [5, 5.41) is 11.7. The smallest absolute Gasteiger partial charge is 0.379 e. The van der Waals surface area contributed by atoms with E-state index in [4.69, 9.17) is 5.11 Å². The Balaban J connectivity index is 2.33. The van der Waals surface area contributed by atoms with Gasteiger partial charge in [-0.1, -0.05) is 6.07 Å². The van der Waals surface area contributed by atoms with E-state index < -0.39 is 12.3 Å². The molecule has 1 atom stereocenters. The molecule has 0 spiro atoms. The SMILES string of the molecule is CN1Cc2cc(C(O)C(F)(F)F)ccc2NC1=O. The number of carbonyl (C=O) groups excluding carboxylic acids is 1. The second-order valence-electron chi connectivity index (χ2n) is 4.15. The van der Waals surface area contributed by atoms with Gasteiger partial charge in [-0.2, -0.15) is 13.2 Å². The van der Waals surface area contributed by atoms with Crippen molar-refractivity contribution in [1.82, 2.24) is 4.90 Å². The van der Waals surface area contributed by atoms with Crippen LogP contribution in [0.1, 0.15) is 17.2 Å². The van der Waals surface area contributed by atoms with Crippen LogP contribution in [0.3, 0.4) is 0 Å². The maximum absolute atomic E-state index is 12.4. The van der Waals surface area contributed by atoms with Crippen LogP contribution in [0, 0.1) is 0 Å². The normalized spacial score (nSPS) is 17.2. The number of aliphatic hydroxyl groups excluding tert-OH is 1. The molecule has 0 aliphatic carbocycles. The van der Waals surface area contributed by atoms with Crippen molar-refractivity contribution in [2.24, 2.45) is 0 Å². The van der Waals surface area contributed by atoms with E-state index in [1.165, 1.54) is 24.1 Å². The third-order valence-corrected chi connectivity index (χ3v) is 2.75. The number of rotatable bonds is 1. The quantitative estimate of drug-likeness (QED) is 0.813. The first kappa shape index (κ1) is 12.7. The molecule has 2 rings (SSSR count). The first-order valence-corrected chi connectivity index (χ1v) is 5.19. The minimum absolute atomic E-state index is 0.208. The summed E-state index contributed by atoms with van der Waals surface area (Å²) >= 11 is 0. The van der Waals surface area contributed by atoms with Crippen LogP contribution in [0.25, 0.3) is 0 Å². The van der Waals surface area contributed by atoms with Gasteiger partial charge in [-0.25, -0.2) is 4.79 Å². The number of nitrogens with zero attached hydrogens (tertiary/aromatic N) is 1. The van der Waals surface area contributed by atoms with Crippen molar-refractivity contribution >= 4 is 11.7 Å². The number of carbonyl (C=O) groups is 1. The summed E-state index contributed by atoms with van der Waals surface area (Å²) in [6, 6.07) is 3.46. The highest BCUT2D eigenvalue weighted by molar-refractivity contribution is 5.92. The predicted molar refractivity (Wildman–Crippen MR) is 57.9 cm³/mol. The Kier molecular flexibility index (Phi) is 2.94. The average molecular weight is 260 g/mol. The van der Waals surface area contributed by atoms with Crippen molar-refractivity contribution in [3.05, 3.63) is 29.3 Å². The molecule has 1 unspecified atom stereocenters. The van der Waals surface area contributed by atoms with E-state index in [-0.39, 0.29) is 18.1 Å². The van der Waals surface area contributed by atoms with E-state index in [0.717, 1.165) is 6.07 Å². The van der Waals surface area contributed by atoms with E-state index in [0.29, 0.717) is 11.3 Å². The van der Waals surface area contributed by atoms with Gasteiger partial charge in [0.2, 0.25) is 0 Å². The fraction of sp³-hybridized carbons (Fsp3) is 0.364. The lowest BCUT2D eigenvalue weighted by molar-refractivity contribution is -0.206. The second kappa shape index (κ2) is 4.16. The highest BCUT2D eigenvalue weighted by atomic mass is 19.4. The molecule has 2 amide bonds. The molecular weight excluding hydrogens is 249 g/mol. The first-order valence-electron chi connectivity index (χ1n) is 5.19. The number of benzene rings is 1. The van der Waals surface area contributed by atoms with Crippen LogP contribution in [0.4, 0.5) is 23.7 Å². The first-order chi connectivity index (χ1) is 8.29. The fourth-order valence-corrected chi connectivity index (χ4v) is 1.76. The van der Waals surface area contributed by atoms with Gasteiger partial charge in [-0.3, -0.25) is 0 Å². The van der Waals surface area contributed by atoms with Crippen LogP contribution in [0.15, 0.2) is 18.2 Å². The molecule has 1 aromatic rings. The van der Waals surface area contributed by atoms with Gasteiger partial charge in [0.15, 0.2) is 6.10 Å². The third kappa shape index (κ3) is 2.26. The van der Waals surface area contributed by atoms with Crippen molar-refractivity contribution in [1.29, 1.82) is 0 Å². The summed E-state index contributed by atoms with van der Waals surface area (Å²) < 4.78 is 37.1. The summed E-state index contributed by atoms with van der Waals surface area (Å²) in [5.74, 6) is 0. The fourth-order valence-electron chi connectivity index (χ4n) is 1.76. The van der Waals surface area contributed by atoms with Gasteiger partial charge in [-0.15, -0.1) is 0 Å². The molecule has 1 heterocycles. The molecule has 18 heavy (non-hydrogen) atoms. The van der Waals surface area contributed by atoms with Crippen LogP contribution >= 0.6 is 0 Å². The number of hydrogen-bond donors (Lipinski definition) is 2. The van der Waals surface area contributed by atoms with Gasteiger partial charge in [0.1, 0.15) is 0 Å². The molecule has 0 saturated carbocycles. The summed E-state index contributed by atoms with van der Waals surface area (Å²) in [5.41, 5.74) is 0.778. The minimum Gasteiger partial charge on any atom is -0.379 e. The summed E-state index contributed by atoms with van der Waals surface area (Å²) in [4.78, 5) is 12.7. The van der Waals surface area contributed by atoms with Crippen LogP contribution in [-0.2, 0) is 6.54 Å². The molecule has 0 saturated heterocycles. The highest BCUT2D eigenvalue weighted by Gasteiger charge is 2.39. The maximum Gasteiger partial charge on any atom is 0.418 e. The molecule has 1 aliphatic rings. The molecular formula is C11H11F3N2O2. The minimum atomic E-state index is -4.70. The number of fused-ring (bicyclic) bond motifs is 1. The number of nitrogens with one attached hydrogen (secondary N) is 1. The van der Waals surface area contributed by atoms with E-state index in [1.807, 2.05) is 0 Å². The van der Waals surface area contributed by atoms with Gasteiger partial charge in [0.25, 0.3) is 0 Å². The van der Waals surface area contributed by atoms with Crippen LogP contribution < -0.4 is 5.32 Å². The number of aliphatic hydroxyl groups is 1. The van der Waals surface area contributed by atoms with Gasteiger partial charge in [-0.05, 0) is 23.3 Å². The van der Waals surface area contributed by atoms with E-state index in [9.17, 15) is 18.0 Å². The maximum atomic E-state index is 12.4. The van der Waals surface area contributed by atoms with Crippen LogP contribution in [-0.4, -0.2) is 29.3 Å². The van der Waals surface area contributed by atoms with Crippen molar-refractivity contribution in [2.75, 3.05) is 12.4 Å². The largest absolute Gasteiger partial charge is 0.418 e. The third-order valence-electron chi connectivity index (χ3n) is 2.75. The monoisotopic (exact) mass is 260 g/mol. The average Bonchev–Trinajstić information content (AvgIpc) is 2.28. The molecule has 0 bridgehead atoms. The van der Waals surface area contributed by atoms with Gasteiger partial charge in [0.05, 0.1) is 0 Å². The van der Waals surface area contributed by atoms with Crippen molar-refractivity contribution in [2.45, 2.75) is 18.8 Å². The van der Waals surface area contributed by atoms with Gasteiger partial charge < -0.3 is 15.3 Å². The number of urea groups is 1. The number of alkyl halides is 3. The molecule has 0 fully saturated rings. The Morgan fingerprint density at radius 1 is 1.44 bits per heavy atom. The topological polar surface area (TPSA) is 52.6 Å². The zero-order valence-corrected chi connectivity index (χ0v) is 9.45. The number of hydrogen-bond acceptors (Lipinski definition) is 2. The van der Waals surface area contributed by atoms with Gasteiger partial charge >= 0.3 is 12.2 Å². The Morgan fingerprint density at radius 2 is 2.11 bits per heavy atom. The molecule has 1 aromatic carbocycles. The molecule has 1 aliphatic heterocycles. The number of halogens is 3. The molecule has 7 heteroatoms. The van der Waals surface area contributed by atoms with E-state index >= 15 is 0 Å². The lowest BCUT2D eigenvalue weighted by atomic mass is 10.0. The lowest BCUT2D eigenvalue weighted by Crippen LogP contribution is -2.35. The number of amides is 2. The Morgan fingerprint density at radius 3 is 2.72 bits per heavy atom. The number of anilines is 1. The lowest BCUT2D eigenvalue weighted by Gasteiger charge is -2.27. The Labute approximate surface area is 101 Å². The van der Waals surface area contributed by atoms with Crippen molar-refractivity contribution < 1.29 is 23.1 Å². The Hall–Kier alpha value is -1.76. The summed E-state index contributed by atoms with van der Waals surface area (Å²) in [7, 11) is 1.53. The summed E-state index contributed by atoms with van der Waals surface area (Å²) in [6.07, 6.45) is -7.20. The molecule has 4 nitrogen and oxygen atoms in total. The summed E-state index contributed by atoms with van der Waals surface area (Å²) in [6.45, 7) is 0.208. The molecule has 98 valence electrons. The van der Waals surface area contributed by atoms with Crippen molar-refractivity contribution in [3.63, 3.8) is 0 Å². The second-order valence-corrected chi connectivity index (χ2v) is 4.15. The van der Waals surface area contributed by atoms with Crippen molar-refractivity contribution in [3.8, 4) is 0 Å². The van der Waals surface area contributed by atoms with Crippen LogP contribution in [0.5, 0.6) is 0 Å².